The monoisotopic (exact) mass is 416 g/mol. The fourth-order valence-electron chi connectivity index (χ4n) is 3.11. The van der Waals surface area contributed by atoms with E-state index in [1.807, 2.05) is 24.3 Å². The fraction of sp³-hybridized carbons (Fsp3) is 0.263. The van der Waals surface area contributed by atoms with Crippen molar-refractivity contribution < 1.29 is 19.1 Å². The first-order valence-corrected chi connectivity index (χ1v) is 9.12. The zero-order valence-electron chi connectivity index (χ0n) is 13.9. The van der Waals surface area contributed by atoms with E-state index in [-0.39, 0.29) is 24.5 Å². The number of fused-ring (bicyclic) bond motifs is 1. The van der Waals surface area contributed by atoms with Gasteiger partial charge in [0.15, 0.2) is 6.61 Å². The minimum absolute atomic E-state index is 0.00136. The van der Waals surface area contributed by atoms with Crippen molar-refractivity contribution in [3.63, 3.8) is 0 Å². The van der Waals surface area contributed by atoms with Gasteiger partial charge in [0.05, 0.1) is 18.8 Å². The molecule has 2 aromatic rings. The summed E-state index contributed by atoms with van der Waals surface area (Å²) in [6.07, 6.45) is -0.151. The maximum absolute atomic E-state index is 12.9. The molecule has 1 saturated heterocycles. The average molecular weight is 417 g/mol. The summed E-state index contributed by atoms with van der Waals surface area (Å²) in [6, 6.07) is 13.0. The number of amides is 2. The predicted molar refractivity (Wildman–Crippen MR) is 99.3 cm³/mol. The van der Waals surface area contributed by atoms with Crippen LogP contribution in [0.25, 0.3) is 0 Å². The van der Waals surface area contributed by atoms with E-state index in [0.29, 0.717) is 36.7 Å². The van der Waals surface area contributed by atoms with Crippen LogP contribution in [0.1, 0.15) is 22.0 Å². The van der Waals surface area contributed by atoms with Crippen LogP contribution in [0.15, 0.2) is 46.9 Å². The summed E-state index contributed by atoms with van der Waals surface area (Å²) in [7, 11) is 0. The third kappa shape index (κ3) is 3.45. The number of carbonyl (C=O) groups excluding carboxylic acids is 2. The van der Waals surface area contributed by atoms with Gasteiger partial charge in [-0.25, -0.2) is 0 Å². The molecule has 0 radical (unpaired) electrons. The number of nitrogens with zero attached hydrogens (tertiary/aromatic N) is 1. The number of benzene rings is 2. The molecule has 4 rings (SSSR count). The second-order valence-electron chi connectivity index (χ2n) is 6.21. The summed E-state index contributed by atoms with van der Waals surface area (Å²) in [4.78, 5) is 26.2. The molecule has 134 valence electrons. The topological polar surface area (TPSA) is 67.9 Å². The lowest BCUT2D eigenvalue weighted by atomic mass is 10.1. The van der Waals surface area contributed by atoms with Crippen LogP contribution in [-0.2, 0) is 9.53 Å². The first-order chi connectivity index (χ1) is 12.6. The number of hydrogen-bond acceptors (Lipinski definition) is 4. The third-order valence-electron chi connectivity index (χ3n) is 4.45. The second kappa shape index (κ2) is 7.09. The van der Waals surface area contributed by atoms with Gasteiger partial charge in [-0.15, -0.1) is 0 Å². The van der Waals surface area contributed by atoms with Gasteiger partial charge in [-0.1, -0.05) is 28.1 Å². The van der Waals surface area contributed by atoms with Crippen molar-refractivity contribution in [2.75, 3.05) is 31.6 Å². The number of rotatable bonds is 2. The van der Waals surface area contributed by atoms with Crippen LogP contribution >= 0.6 is 15.9 Å². The number of hydrogen-bond donors (Lipinski definition) is 1. The Balaban J connectivity index is 1.51. The Morgan fingerprint density at radius 3 is 2.81 bits per heavy atom. The number of anilines is 1. The van der Waals surface area contributed by atoms with E-state index < -0.39 is 0 Å². The van der Waals surface area contributed by atoms with Crippen molar-refractivity contribution in [3.05, 3.63) is 58.1 Å². The Bertz CT molecular complexity index is 853. The summed E-state index contributed by atoms with van der Waals surface area (Å²) in [5.74, 6) is 0.276. The summed E-state index contributed by atoms with van der Waals surface area (Å²) in [6.45, 7) is 1.50. The van der Waals surface area contributed by atoms with Gasteiger partial charge in [0, 0.05) is 16.6 Å². The SMILES string of the molecule is O=C1COc2ccc(C(=O)N3CCO[C@@H](c4ccc(Br)cc4)C3)cc2N1. The van der Waals surface area contributed by atoms with Gasteiger partial charge in [-0.05, 0) is 35.9 Å². The highest BCUT2D eigenvalue weighted by Crippen LogP contribution is 2.30. The summed E-state index contributed by atoms with van der Waals surface area (Å²) >= 11 is 3.42. The van der Waals surface area contributed by atoms with Gasteiger partial charge in [-0.3, -0.25) is 9.59 Å². The molecule has 0 unspecified atom stereocenters. The summed E-state index contributed by atoms with van der Waals surface area (Å²) in [5.41, 5.74) is 2.09. The van der Waals surface area contributed by atoms with E-state index in [2.05, 4.69) is 21.2 Å². The molecule has 2 aromatic carbocycles. The van der Waals surface area contributed by atoms with Crippen molar-refractivity contribution in [1.82, 2.24) is 4.90 Å². The van der Waals surface area contributed by atoms with Gasteiger partial charge >= 0.3 is 0 Å². The third-order valence-corrected chi connectivity index (χ3v) is 4.98. The predicted octanol–water partition coefficient (Wildman–Crippen LogP) is 2.99. The summed E-state index contributed by atoms with van der Waals surface area (Å²) in [5, 5.41) is 2.73. The molecule has 1 fully saturated rings. The molecular formula is C19H17BrN2O4. The Kier molecular flexibility index (Phi) is 4.65. The molecule has 2 aliphatic heterocycles. The van der Waals surface area contributed by atoms with E-state index in [1.54, 1.807) is 23.1 Å². The minimum atomic E-state index is -0.219. The smallest absolute Gasteiger partial charge is 0.262 e. The lowest BCUT2D eigenvalue weighted by Crippen LogP contribution is -2.42. The first kappa shape index (κ1) is 17.1. The minimum Gasteiger partial charge on any atom is -0.482 e. The van der Waals surface area contributed by atoms with Crippen LogP contribution in [0.2, 0.25) is 0 Å². The van der Waals surface area contributed by atoms with Crippen molar-refractivity contribution in [2.24, 2.45) is 0 Å². The normalized spacial score (nSPS) is 19.3. The highest BCUT2D eigenvalue weighted by atomic mass is 79.9. The molecule has 1 atom stereocenters. The van der Waals surface area contributed by atoms with E-state index in [4.69, 9.17) is 9.47 Å². The van der Waals surface area contributed by atoms with Gasteiger partial charge in [0.2, 0.25) is 0 Å². The zero-order valence-corrected chi connectivity index (χ0v) is 15.5. The van der Waals surface area contributed by atoms with Crippen LogP contribution in [0.5, 0.6) is 5.75 Å². The molecule has 1 N–H and O–H groups in total. The van der Waals surface area contributed by atoms with Gasteiger partial charge in [0.1, 0.15) is 11.9 Å². The Hall–Kier alpha value is -2.38. The number of morpholine rings is 1. The molecule has 0 aliphatic carbocycles. The molecule has 0 spiro atoms. The van der Waals surface area contributed by atoms with Crippen LogP contribution in [0.3, 0.4) is 0 Å². The average Bonchev–Trinajstić information content (AvgIpc) is 2.67. The summed E-state index contributed by atoms with van der Waals surface area (Å²) < 4.78 is 12.2. The van der Waals surface area contributed by atoms with E-state index in [1.165, 1.54) is 0 Å². The fourth-order valence-corrected chi connectivity index (χ4v) is 3.38. The Labute approximate surface area is 159 Å². The van der Waals surface area contributed by atoms with E-state index >= 15 is 0 Å². The molecule has 0 saturated carbocycles. The molecule has 0 aromatic heterocycles. The van der Waals surface area contributed by atoms with Gasteiger partial charge in [0.25, 0.3) is 11.8 Å². The number of ether oxygens (including phenoxy) is 2. The van der Waals surface area contributed by atoms with Crippen LogP contribution < -0.4 is 10.1 Å². The number of carbonyl (C=O) groups is 2. The standard InChI is InChI=1S/C19H17BrN2O4/c20-14-4-1-12(2-5-14)17-10-22(7-8-25-17)19(24)13-3-6-16-15(9-13)21-18(23)11-26-16/h1-6,9,17H,7-8,10-11H2,(H,21,23)/t17-/m1/s1. The quantitative estimate of drug-likeness (QED) is 0.816. The van der Waals surface area contributed by atoms with E-state index in [0.717, 1.165) is 10.0 Å². The van der Waals surface area contributed by atoms with Crippen molar-refractivity contribution in [1.29, 1.82) is 0 Å². The molecule has 26 heavy (non-hydrogen) atoms. The molecule has 2 aliphatic rings. The number of halogens is 1. The van der Waals surface area contributed by atoms with Crippen LogP contribution in [-0.4, -0.2) is 43.0 Å². The molecule has 2 amide bonds. The van der Waals surface area contributed by atoms with Crippen molar-refractivity contribution in [2.45, 2.75) is 6.10 Å². The lowest BCUT2D eigenvalue weighted by molar-refractivity contribution is -0.118. The largest absolute Gasteiger partial charge is 0.482 e. The van der Waals surface area contributed by atoms with Crippen molar-refractivity contribution in [3.8, 4) is 5.75 Å². The Morgan fingerprint density at radius 2 is 2.00 bits per heavy atom. The molecule has 0 bridgehead atoms. The first-order valence-electron chi connectivity index (χ1n) is 8.33. The lowest BCUT2D eigenvalue weighted by Gasteiger charge is -2.33. The number of nitrogens with one attached hydrogen (secondary N) is 1. The Morgan fingerprint density at radius 1 is 1.19 bits per heavy atom. The molecule has 7 heteroatoms. The molecule has 6 nitrogen and oxygen atoms in total. The maximum Gasteiger partial charge on any atom is 0.262 e. The van der Waals surface area contributed by atoms with E-state index in [9.17, 15) is 9.59 Å². The maximum atomic E-state index is 12.9. The second-order valence-corrected chi connectivity index (χ2v) is 7.13. The van der Waals surface area contributed by atoms with Crippen molar-refractivity contribution >= 4 is 33.4 Å². The zero-order chi connectivity index (χ0) is 18.1. The van der Waals surface area contributed by atoms with Crippen LogP contribution in [0.4, 0.5) is 5.69 Å². The molecular weight excluding hydrogens is 400 g/mol. The highest BCUT2D eigenvalue weighted by molar-refractivity contribution is 9.10. The highest BCUT2D eigenvalue weighted by Gasteiger charge is 2.27. The van der Waals surface area contributed by atoms with Crippen LogP contribution in [0, 0.1) is 0 Å². The van der Waals surface area contributed by atoms with Gasteiger partial charge < -0.3 is 19.7 Å². The van der Waals surface area contributed by atoms with Gasteiger partial charge in [-0.2, -0.15) is 0 Å². The molecule has 2 heterocycles.